The van der Waals surface area contributed by atoms with Crippen molar-refractivity contribution < 1.29 is 32.3 Å². The van der Waals surface area contributed by atoms with Crippen LogP contribution >= 0.6 is 0 Å². The van der Waals surface area contributed by atoms with E-state index in [0.29, 0.717) is 43.5 Å². The van der Waals surface area contributed by atoms with Gasteiger partial charge < -0.3 is 15.0 Å². The van der Waals surface area contributed by atoms with Crippen molar-refractivity contribution in [3.63, 3.8) is 0 Å². The lowest BCUT2D eigenvalue weighted by Gasteiger charge is -2.44. The Kier molecular flexibility index (Phi) is 7.59. The summed E-state index contributed by atoms with van der Waals surface area (Å²) in [7, 11) is 0. The molecule has 1 atom stereocenters. The number of amides is 3. The first-order valence-electron chi connectivity index (χ1n) is 12.3. The molecule has 1 N–H and O–H groups in total. The van der Waals surface area contributed by atoms with Gasteiger partial charge in [0.1, 0.15) is 11.8 Å². The Balaban J connectivity index is 1.57. The molecule has 2 saturated heterocycles. The van der Waals surface area contributed by atoms with Crippen molar-refractivity contribution in [1.29, 1.82) is 0 Å². The molecule has 0 saturated carbocycles. The van der Waals surface area contributed by atoms with Gasteiger partial charge in [-0.05, 0) is 36.2 Å². The van der Waals surface area contributed by atoms with Crippen molar-refractivity contribution in [3.05, 3.63) is 70.8 Å². The molecule has 4 rings (SSSR count). The molecule has 0 aliphatic carbocycles. The van der Waals surface area contributed by atoms with Crippen molar-refractivity contribution in [2.24, 2.45) is 0 Å². The largest absolute Gasteiger partial charge is 0.416 e. The second-order valence-electron chi connectivity index (χ2n) is 9.41. The zero-order chi connectivity index (χ0) is 26.8. The van der Waals surface area contributed by atoms with Gasteiger partial charge in [-0.1, -0.05) is 37.3 Å². The normalized spacial score (nSPS) is 19.2. The number of hydrogen-bond acceptors (Lipinski definition) is 4. The van der Waals surface area contributed by atoms with Gasteiger partial charge in [0.15, 0.2) is 0 Å². The Hall–Kier alpha value is -3.40. The van der Waals surface area contributed by atoms with E-state index in [4.69, 9.17) is 4.74 Å². The number of benzene rings is 2. The molecule has 1 unspecified atom stereocenters. The van der Waals surface area contributed by atoms with Crippen molar-refractivity contribution >= 4 is 17.7 Å². The molecule has 7 nitrogen and oxygen atoms in total. The molecule has 2 aromatic rings. The number of nitrogens with one attached hydrogen (secondary N) is 1. The molecule has 2 fully saturated rings. The number of piperidine rings is 1. The van der Waals surface area contributed by atoms with Crippen LogP contribution in [0.1, 0.15) is 53.2 Å². The van der Waals surface area contributed by atoms with Gasteiger partial charge in [-0.15, -0.1) is 0 Å². The Morgan fingerprint density at radius 3 is 2.43 bits per heavy atom. The summed E-state index contributed by atoms with van der Waals surface area (Å²) in [4.78, 5) is 42.5. The third-order valence-corrected chi connectivity index (χ3v) is 7.08. The molecular formula is C27H30F3N3O4. The number of rotatable bonds is 5. The van der Waals surface area contributed by atoms with Crippen LogP contribution in [0.25, 0.3) is 0 Å². The Morgan fingerprint density at radius 1 is 1.08 bits per heavy atom. The van der Waals surface area contributed by atoms with E-state index in [9.17, 15) is 27.6 Å². The number of hydrogen-bond donors (Lipinski definition) is 1. The molecule has 2 aliphatic heterocycles. The molecule has 37 heavy (non-hydrogen) atoms. The Labute approximate surface area is 213 Å². The van der Waals surface area contributed by atoms with Crippen LogP contribution in [0.3, 0.4) is 0 Å². The van der Waals surface area contributed by atoms with E-state index in [0.717, 1.165) is 17.7 Å². The topological polar surface area (TPSA) is 79.0 Å². The summed E-state index contributed by atoms with van der Waals surface area (Å²) in [5.74, 6) is -0.853. The lowest BCUT2D eigenvalue weighted by molar-refractivity contribution is -0.143. The maximum Gasteiger partial charge on any atom is 0.416 e. The van der Waals surface area contributed by atoms with Crippen molar-refractivity contribution in [1.82, 2.24) is 15.1 Å². The van der Waals surface area contributed by atoms with E-state index in [1.165, 1.54) is 17.0 Å². The first kappa shape index (κ1) is 26.7. The number of ether oxygens (including phenoxy) is 1. The molecule has 2 heterocycles. The molecular weight excluding hydrogens is 487 g/mol. The summed E-state index contributed by atoms with van der Waals surface area (Å²) in [5, 5.41) is 2.68. The third-order valence-electron chi connectivity index (χ3n) is 7.08. The van der Waals surface area contributed by atoms with Gasteiger partial charge in [0.2, 0.25) is 11.8 Å². The molecule has 0 bridgehead atoms. The number of carbonyl (C=O) groups is 3. The average molecular weight is 518 g/mol. The van der Waals surface area contributed by atoms with Crippen LogP contribution in [-0.2, 0) is 27.0 Å². The van der Waals surface area contributed by atoms with E-state index >= 15 is 0 Å². The zero-order valence-corrected chi connectivity index (χ0v) is 20.8. The van der Waals surface area contributed by atoms with E-state index in [2.05, 4.69) is 5.32 Å². The minimum Gasteiger partial charge on any atom is -0.353 e. The standard InChI is InChI=1S/C27H30F3N3O4/c1-3-23(34)32-13-11-26(12-14-32)33(25(36)21-10-5-4-7-18(21)2)22(17-37-26)24(35)31-16-19-8-6-9-20(15-19)27(28,29)30/h4-10,15,22H,3,11-14,16-17H2,1-2H3,(H,31,35). The summed E-state index contributed by atoms with van der Waals surface area (Å²) < 4.78 is 45.4. The quantitative estimate of drug-likeness (QED) is 0.653. The number of aryl methyl sites for hydroxylation is 1. The molecule has 3 amide bonds. The van der Waals surface area contributed by atoms with Crippen LogP contribution in [0, 0.1) is 6.92 Å². The molecule has 0 aromatic heterocycles. The van der Waals surface area contributed by atoms with Crippen LogP contribution in [0.15, 0.2) is 48.5 Å². The maximum absolute atomic E-state index is 13.8. The number of likely N-dealkylation sites (tertiary alicyclic amines) is 1. The van der Waals surface area contributed by atoms with E-state index in [1.807, 2.05) is 19.1 Å². The first-order chi connectivity index (χ1) is 17.6. The fourth-order valence-electron chi connectivity index (χ4n) is 5.00. The second-order valence-corrected chi connectivity index (χ2v) is 9.41. The average Bonchev–Trinajstić information content (AvgIpc) is 3.25. The summed E-state index contributed by atoms with van der Waals surface area (Å²) in [5.41, 5.74) is -0.374. The summed E-state index contributed by atoms with van der Waals surface area (Å²) in [6, 6.07) is 10.8. The van der Waals surface area contributed by atoms with Crippen LogP contribution < -0.4 is 5.32 Å². The summed E-state index contributed by atoms with van der Waals surface area (Å²) >= 11 is 0. The molecule has 1 spiro atoms. The lowest BCUT2D eigenvalue weighted by Crippen LogP contribution is -2.59. The van der Waals surface area contributed by atoms with Crippen LogP contribution in [-0.4, -0.2) is 59.0 Å². The highest BCUT2D eigenvalue weighted by Crippen LogP contribution is 2.39. The van der Waals surface area contributed by atoms with Gasteiger partial charge >= 0.3 is 6.18 Å². The molecule has 10 heteroatoms. The van der Waals surface area contributed by atoms with Crippen LogP contribution in [0.5, 0.6) is 0 Å². The van der Waals surface area contributed by atoms with Gasteiger partial charge in [-0.25, -0.2) is 0 Å². The number of halogens is 3. The fraction of sp³-hybridized carbons (Fsp3) is 0.444. The van der Waals surface area contributed by atoms with Crippen molar-refractivity contribution in [2.45, 2.75) is 57.6 Å². The highest BCUT2D eigenvalue weighted by Gasteiger charge is 2.54. The van der Waals surface area contributed by atoms with Gasteiger partial charge in [0.25, 0.3) is 5.91 Å². The van der Waals surface area contributed by atoms with E-state index in [-0.39, 0.29) is 25.0 Å². The van der Waals surface area contributed by atoms with Gasteiger partial charge in [0, 0.05) is 44.5 Å². The molecule has 0 radical (unpaired) electrons. The van der Waals surface area contributed by atoms with Crippen LogP contribution in [0.4, 0.5) is 13.2 Å². The third kappa shape index (κ3) is 5.49. The molecule has 2 aliphatic rings. The maximum atomic E-state index is 13.8. The highest BCUT2D eigenvalue weighted by atomic mass is 19.4. The minimum absolute atomic E-state index is 0.0139. The number of carbonyl (C=O) groups excluding carboxylic acids is 3. The predicted octanol–water partition coefficient (Wildman–Crippen LogP) is 3.90. The van der Waals surface area contributed by atoms with Crippen molar-refractivity contribution in [2.75, 3.05) is 19.7 Å². The minimum atomic E-state index is -4.49. The van der Waals surface area contributed by atoms with E-state index < -0.39 is 29.4 Å². The predicted molar refractivity (Wildman–Crippen MR) is 129 cm³/mol. The second kappa shape index (κ2) is 10.5. The summed E-state index contributed by atoms with van der Waals surface area (Å²) in [6.45, 7) is 4.20. The SMILES string of the molecule is CCC(=O)N1CCC2(CC1)OCC(C(=O)NCc1cccc(C(F)(F)F)c1)N2C(=O)c1ccccc1C. The summed E-state index contributed by atoms with van der Waals surface area (Å²) in [6.07, 6.45) is -3.40. The number of alkyl halides is 3. The van der Waals surface area contributed by atoms with Crippen molar-refractivity contribution in [3.8, 4) is 0 Å². The highest BCUT2D eigenvalue weighted by molar-refractivity contribution is 5.99. The van der Waals surface area contributed by atoms with Gasteiger partial charge in [-0.3, -0.25) is 19.3 Å². The Morgan fingerprint density at radius 2 is 1.78 bits per heavy atom. The first-order valence-corrected chi connectivity index (χ1v) is 12.3. The monoisotopic (exact) mass is 517 g/mol. The zero-order valence-electron chi connectivity index (χ0n) is 20.8. The van der Waals surface area contributed by atoms with Crippen LogP contribution in [0.2, 0.25) is 0 Å². The van der Waals surface area contributed by atoms with Gasteiger partial charge in [-0.2, -0.15) is 13.2 Å². The molecule has 2 aromatic carbocycles. The Bertz CT molecular complexity index is 1180. The lowest BCUT2D eigenvalue weighted by atomic mass is 9.95. The van der Waals surface area contributed by atoms with E-state index in [1.54, 1.807) is 24.0 Å². The van der Waals surface area contributed by atoms with Gasteiger partial charge in [0.05, 0.1) is 12.2 Å². The molecule has 198 valence electrons. The smallest absolute Gasteiger partial charge is 0.353 e. The number of nitrogens with zero attached hydrogens (tertiary/aromatic N) is 2. The fourth-order valence-corrected chi connectivity index (χ4v) is 5.00.